The fourth-order valence-corrected chi connectivity index (χ4v) is 5.34. The summed E-state index contributed by atoms with van der Waals surface area (Å²) in [6.45, 7) is 0.316. The van der Waals surface area contributed by atoms with Crippen LogP contribution >= 0.6 is 23.2 Å². The lowest BCUT2D eigenvalue weighted by atomic mass is 9.97. The Hall–Kier alpha value is -3.42. The number of carbonyl (C=O) groups is 2. The molecule has 1 aliphatic heterocycles. The van der Waals surface area contributed by atoms with Crippen LogP contribution < -0.4 is 14.8 Å². The van der Waals surface area contributed by atoms with Crippen LogP contribution in [0.5, 0.6) is 17.2 Å². The molecule has 3 unspecified atom stereocenters. The molecular formula is C28H25Cl2NO6. The van der Waals surface area contributed by atoms with E-state index in [0.717, 1.165) is 24.3 Å². The summed E-state index contributed by atoms with van der Waals surface area (Å²) >= 11 is 12.5. The molecule has 0 radical (unpaired) electrons. The van der Waals surface area contributed by atoms with E-state index in [1.807, 2.05) is 18.2 Å². The Balaban J connectivity index is 1.21. The van der Waals surface area contributed by atoms with Crippen LogP contribution in [-0.4, -0.2) is 29.8 Å². The molecule has 1 heterocycles. The van der Waals surface area contributed by atoms with Crippen LogP contribution in [0.1, 0.15) is 59.2 Å². The second kappa shape index (κ2) is 10.9. The average Bonchev–Trinajstić information content (AvgIpc) is 3.34. The molecule has 1 fully saturated rings. The maximum absolute atomic E-state index is 12.8. The van der Waals surface area contributed by atoms with Crippen LogP contribution in [0.4, 0.5) is 4.79 Å². The van der Waals surface area contributed by atoms with Gasteiger partial charge in [-0.3, -0.25) is 4.79 Å². The highest BCUT2D eigenvalue weighted by atomic mass is 35.5. The average molecular weight is 542 g/mol. The van der Waals surface area contributed by atoms with Gasteiger partial charge in [0.2, 0.25) is 0 Å². The summed E-state index contributed by atoms with van der Waals surface area (Å²) < 4.78 is 16.5. The van der Waals surface area contributed by atoms with Crippen molar-refractivity contribution in [3.05, 3.63) is 87.4 Å². The molecule has 0 bridgehead atoms. The van der Waals surface area contributed by atoms with Crippen molar-refractivity contribution in [2.75, 3.05) is 6.61 Å². The molecule has 9 heteroatoms. The molecule has 0 spiro atoms. The van der Waals surface area contributed by atoms with Crippen LogP contribution in [0.25, 0.3) is 0 Å². The molecule has 3 aromatic rings. The van der Waals surface area contributed by atoms with E-state index in [-0.39, 0.29) is 11.9 Å². The third-order valence-corrected chi connectivity index (χ3v) is 7.25. The number of halogens is 2. The van der Waals surface area contributed by atoms with E-state index in [1.165, 1.54) is 5.56 Å². The monoisotopic (exact) mass is 541 g/mol. The van der Waals surface area contributed by atoms with Gasteiger partial charge in [-0.25, -0.2) is 4.79 Å². The number of hydrogen-bond donors (Lipinski definition) is 2. The minimum absolute atomic E-state index is 0.107. The van der Waals surface area contributed by atoms with Crippen molar-refractivity contribution in [3.8, 4) is 17.2 Å². The van der Waals surface area contributed by atoms with E-state index in [9.17, 15) is 9.59 Å². The molecule has 2 N–H and O–H groups in total. The summed E-state index contributed by atoms with van der Waals surface area (Å²) in [5.74, 6) is 1.56. The lowest BCUT2D eigenvalue weighted by Gasteiger charge is -2.25. The van der Waals surface area contributed by atoms with Gasteiger partial charge in [0.05, 0.1) is 11.6 Å². The SMILES string of the molecule is O=C(O)OC1CCOc2cc(Oc3ccc(C(=O)NC4CCC(c5cccc(Cl)c5)C4)cc3)c(Cl)cc21. The van der Waals surface area contributed by atoms with E-state index < -0.39 is 12.3 Å². The summed E-state index contributed by atoms with van der Waals surface area (Å²) in [5.41, 5.74) is 2.30. The third-order valence-electron chi connectivity index (χ3n) is 6.72. The second-order valence-electron chi connectivity index (χ2n) is 9.19. The Bertz CT molecular complexity index is 1310. The number of carboxylic acid groups (broad SMARTS) is 1. The lowest BCUT2D eigenvalue weighted by Crippen LogP contribution is -2.32. The van der Waals surface area contributed by atoms with Gasteiger partial charge in [-0.15, -0.1) is 0 Å². The first-order valence-corrected chi connectivity index (χ1v) is 12.8. The first-order chi connectivity index (χ1) is 17.9. The third kappa shape index (κ3) is 5.95. The molecule has 3 atom stereocenters. The zero-order valence-electron chi connectivity index (χ0n) is 19.8. The van der Waals surface area contributed by atoms with E-state index in [0.29, 0.717) is 52.3 Å². The Labute approximate surface area is 224 Å². The standard InChI is InChI=1S/C28H25Cl2NO6/c29-19-3-1-2-17(12-19)18-4-7-20(13-18)31-27(32)16-5-8-21(9-6-16)36-26-15-25-22(14-23(26)30)24(10-11-35-25)37-28(33)34/h1-3,5-6,8-9,12,14-15,18,20,24H,4,7,10-11,13H2,(H,31,32)(H,33,34). The number of ether oxygens (including phenoxy) is 3. The van der Waals surface area contributed by atoms with Crippen molar-refractivity contribution in [3.63, 3.8) is 0 Å². The van der Waals surface area contributed by atoms with Crippen molar-refractivity contribution in [1.29, 1.82) is 0 Å². The number of fused-ring (bicyclic) bond motifs is 1. The smallest absolute Gasteiger partial charge is 0.493 e. The van der Waals surface area contributed by atoms with Crippen molar-refractivity contribution in [2.24, 2.45) is 0 Å². The first-order valence-electron chi connectivity index (χ1n) is 12.1. The summed E-state index contributed by atoms with van der Waals surface area (Å²) in [7, 11) is 0. The number of carbonyl (C=O) groups excluding carboxylic acids is 1. The highest BCUT2D eigenvalue weighted by Crippen LogP contribution is 2.42. The molecule has 3 aromatic carbocycles. The normalized spacial score (nSPS) is 20.4. The minimum Gasteiger partial charge on any atom is -0.493 e. The number of hydrogen-bond acceptors (Lipinski definition) is 5. The van der Waals surface area contributed by atoms with Gasteiger partial charge in [0, 0.05) is 34.7 Å². The number of amides is 1. The maximum Gasteiger partial charge on any atom is 0.506 e. The van der Waals surface area contributed by atoms with Gasteiger partial charge >= 0.3 is 6.16 Å². The van der Waals surface area contributed by atoms with Gasteiger partial charge in [0.1, 0.15) is 23.4 Å². The topological polar surface area (TPSA) is 94.1 Å². The zero-order chi connectivity index (χ0) is 25.9. The van der Waals surface area contributed by atoms with Crippen molar-refractivity contribution in [2.45, 2.75) is 43.7 Å². The summed E-state index contributed by atoms with van der Waals surface area (Å²) in [6.07, 6.45) is 1.21. The van der Waals surface area contributed by atoms with Gasteiger partial charge < -0.3 is 24.6 Å². The van der Waals surface area contributed by atoms with Gasteiger partial charge in [-0.05, 0) is 73.2 Å². The molecule has 192 valence electrons. The highest BCUT2D eigenvalue weighted by Gasteiger charge is 2.28. The fourth-order valence-electron chi connectivity index (χ4n) is 4.93. The molecule has 2 aliphatic rings. The van der Waals surface area contributed by atoms with Gasteiger partial charge in [-0.1, -0.05) is 35.3 Å². The highest BCUT2D eigenvalue weighted by molar-refractivity contribution is 6.32. The van der Waals surface area contributed by atoms with Crippen LogP contribution in [-0.2, 0) is 4.74 Å². The molecular weight excluding hydrogens is 517 g/mol. The van der Waals surface area contributed by atoms with Gasteiger partial charge in [0.15, 0.2) is 0 Å². The summed E-state index contributed by atoms with van der Waals surface area (Å²) in [4.78, 5) is 23.8. The predicted molar refractivity (Wildman–Crippen MR) is 139 cm³/mol. The molecule has 7 nitrogen and oxygen atoms in total. The largest absolute Gasteiger partial charge is 0.506 e. The molecule has 0 saturated heterocycles. The zero-order valence-corrected chi connectivity index (χ0v) is 21.3. The summed E-state index contributed by atoms with van der Waals surface area (Å²) in [5, 5.41) is 13.1. The van der Waals surface area contributed by atoms with Gasteiger partial charge in [0.25, 0.3) is 5.91 Å². The fraction of sp³-hybridized carbons (Fsp3) is 0.286. The lowest BCUT2D eigenvalue weighted by molar-refractivity contribution is 0.0326. The van der Waals surface area contributed by atoms with E-state index in [4.69, 9.17) is 42.5 Å². The van der Waals surface area contributed by atoms with E-state index in [2.05, 4.69) is 11.4 Å². The predicted octanol–water partition coefficient (Wildman–Crippen LogP) is 7.37. The molecule has 5 rings (SSSR count). The Morgan fingerprint density at radius 1 is 1.00 bits per heavy atom. The van der Waals surface area contributed by atoms with Crippen LogP contribution in [0.3, 0.4) is 0 Å². The quantitative estimate of drug-likeness (QED) is 0.316. The molecule has 0 aromatic heterocycles. The van der Waals surface area contributed by atoms with Crippen molar-refractivity contribution >= 4 is 35.3 Å². The second-order valence-corrected chi connectivity index (χ2v) is 10.0. The minimum atomic E-state index is -1.35. The van der Waals surface area contributed by atoms with Gasteiger partial charge in [-0.2, -0.15) is 0 Å². The molecule has 1 amide bonds. The number of rotatable bonds is 6. The van der Waals surface area contributed by atoms with Crippen LogP contribution in [0.15, 0.2) is 60.7 Å². The first kappa shape index (κ1) is 25.2. The molecule has 1 saturated carbocycles. The summed E-state index contributed by atoms with van der Waals surface area (Å²) in [6, 6.07) is 18.0. The Kier molecular flexibility index (Phi) is 7.44. The van der Waals surface area contributed by atoms with E-state index in [1.54, 1.807) is 36.4 Å². The number of nitrogens with one attached hydrogen (secondary N) is 1. The van der Waals surface area contributed by atoms with E-state index >= 15 is 0 Å². The maximum atomic E-state index is 12.8. The molecule has 37 heavy (non-hydrogen) atoms. The Morgan fingerprint density at radius 2 is 1.81 bits per heavy atom. The van der Waals surface area contributed by atoms with Crippen LogP contribution in [0.2, 0.25) is 10.0 Å². The Morgan fingerprint density at radius 3 is 2.57 bits per heavy atom. The van der Waals surface area contributed by atoms with Crippen LogP contribution in [0, 0.1) is 0 Å². The van der Waals surface area contributed by atoms with Crippen molar-refractivity contribution in [1.82, 2.24) is 5.32 Å². The van der Waals surface area contributed by atoms with Crippen molar-refractivity contribution < 1.29 is 28.9 Å². The molecule has 1 aliphatic carbocycles. The number of benzene rings is 3.